The Morgan fingerprint density at radius 2 is 1.68 bits per heavy atom. The Kier molecular flexibility index (Phi) is 5.11. The molecule has 6 heteroatoms. The first-order chi connectivity index (χ1) is 12.0. The SMILES string of the molecule is Cc1nn(Cc2ccccc2Cl)c(C)c1NC(=O)c1ccccc1Cl. The Morgan fingerprint density at radius 1 is 1.04 bits per heavy atom. The normalized spacial score (nSPS) is 10.7. The first kappa shape index (κ1) is 17.5. The van der Waals surface area contributed by atoms with Crippen molar-refractivity contribution in [3.8, 4) is 0 Å². The second-order valence-corrected chi connectivity index (χ2v) is 6.54. The third kappa shape index (κ3) is 3.70. The lowest BCUT2D eigenvalue weighted by atomic mass is 10.2. The molecule has 0 bridgehead atoms. The highest BCUT2D eigenvalue weighted by Gasteiger charge is 2.17. The molecule has 1 amide bonds. The van der Waals surface area contributed by atoms with E-state index in [2.05, 4.69) is 10.4 Å². The lowest BCUT2D eigenvalue weighted by Gasteiger charge is -2.09. The molecule has 0 aliphatic carbocycles. The average Bonchev–Trinajstić information content (AvgIpc) is 2.85. The van der Waals surface area contributed by atoms with Gasteiger partial charge in [-0.2, -0.15) is 5.10 Å². The number of halogens is 2. The fraction of sp³-hybridized carbons (Fsp3) is 0.158. The molecule has 1 aromatic heterocycles. The van der Waals surface area contributed by atoms with Crippen LogP contribution in [-0.2, 0) is 6.54 Å². The molecular formula is C19H17Cl2N3O. The molecule has 4 nitrogen and oxygen atoms in total. The molecule has 25 heavy (non-hydrogen) atoms. The van der Waals surface area contributed by atoms with Gasteiger partial charge in [0.15, 0.2) is 0 Å². The van der Waals surface area contributed by atoms with Crippen LogP contribution in [0.15, 0.2) is 48.5 Å². The van der Waals surface area contributed by atoms with Crippen LogP contribution in [0.5, 0.6) is 0 Å². The van der Waals surface area contributed by atoms with Gasteiger partial charge in [-0.05, 0) is 37.6 Å². The number of carbonyl (C=O) groups is 1. The highest BCUT2D eigenvalue weighted by atomic mass is 35.5. The number of carbonyl (C=O) groups excluding carboxylic acids is 1. The number of nitrogens with one attached hydrogen (secondary N) is 1. The van der Waals surface area contributed by atoms with Gasteiger partial charge in [0.25, 0.3) is 5.91 Å². The lowest BCUT2D eigenvalue weighted by Crippen LogP contribution is -2.14. The molecular weight excluding hydrogens is 357 g/mol. The van der Waals surface area contributed by atoms with Crippen molar-refractivity contribution >= 4 is 34.8 Å². The zero-order chi connectivity index (χ0) is 18.0. The second kappa shape index (κ2) is 7.30. The molecule has 0 atom stereocenters. The van der Waals surface area contributed by atoms with Crippen LogP contribution in [0, 0.1) is 13.8 Å². The van der Waals surface area contributed by atoms with E-state index in [1.807, 2.05) is 42.8 Å². The van der Waals surface area contributed by atoms with E-state index >= 15 is 0 Å². The number of nitrogens with zero attached hydrogens (tertiary/aromatic N) is 2. The Bertz CT molecular complexity index is 934. The van der Waals surface area contributed by atoms with Crippen molar-refractivity contribution in [2.75, 3.05) is 5.32 Å². The second-order valence-electron chi connectivity index (χ2n) is 5.73. The standard InChI is InChI=1S/C19H17Cl2N3O/c1-12-18(22-19(25)15-8-4-6-10-17(15)21)13(2)24(23-12)11-14-7-3-5-9-16(14)20/h3-10H,11H2,1-2H3,(H,22,25). The highest BCUT2D eigenvalue weighted by molar-refractivity contribution is 6.34. The number of aromatic nitrogens is 2. The van der Waals surface area contributed by atoms with Crippen molar-refractivity contribution in [3.63, 3.8) is 0 Å². The zero-order valence-electron chi connectivity index (χ0n) is 13.9. The van der Waals surface area contributed by atoms with Gasteiger partial charge in [0.1, 0.15) is 0 Å². The van der Waals surface area contributed by atoms with Crippen LogP contribution < -0.4 is 5.32 Å². The summed E-state index contributed by atoms with van der Waals surface area (Å²) in [7, 11) is 0. The molecule has 1 heterocycles. The van der Waals surface area contributed by atoms with E-state index in [4.69, 9.17) is 23.2 Å². The van der Waals surface area contributed by atoms with Gasteiger partial charge >= 0.3 is 0 Å². The number of rotatable bonds is 4. The molecule has 0 radical (unpaired) electrons. The summed E-state index contributed by atoms with van der Waals surface area (Å²) in [5, 5.41) is 8.55. The van der Waals surface area contributed by atoms with Gasteiger partial charge in [-0.15, -0.1) is 0 Å². The molecule has 128 valence electrons. The minimum absolute atomic E-state index is 0.255. The van der Waals surface area contributed by atoms with Crippen molar-refractivity contribution in [2.45, 2.75) is 20.4 Å². The Hall–Kier alpha value is -2.30. The summed E-state index contributed by atoms with van der Waals surface area (Å²) < 4.78 is 1.83. The molecule has 2 aromatic carbocycles. The number of benzene rings is 2. The van der Waals surface area contributed by atoms with Crippen LogP contribution in [0.4, 0.5) is 5.69 Å². The van der Waals surface area contributed by atoms with Gasteiger partial charge in [0, 0.05) is 5.02 Å². The van der Waals surface area contributed by atoms with E-state index in [1.54, 1.807) is 24.3 Å². The molecule has 0 spiro atoms. The predicted octanol–water partition coefficient (Wildman–Crippen LogP) is 5.11. The quantitative estimate of drug-likeness (QED) is 0.690. The van der Waals surface area contributed by atoms with Crippen LogP contribution in [0.1, 0.15) is 27.3 Å². The maximum atomic E-state index is 12.5. The number of hydrogen-bond acceptors (Lipinski definition) is 2. The van der Waals surface area contributed by atoms with E-state index in [-0.39, 0.29) is 5.91 Å². The van der Waals surface area contributed by atoms with Crippen LogP contribution >= 0.6 is 23.2 Å². The predicted molar refractivity (Wildman–Crippen MR) is 102 cm³/mol. The summed E-state index contributed by atoms with van der Waals surface area (Å²) in [6.45, 7) is 4.31. The van der Waals surface area contributed by atoms with Crippen LogP contribution in [0.25, 0.3) is 0 Å². The van der Waals surface area contributed by atoms with Crippen LogP contribution in [0.2, 0.25) is 10.0 Å². The van der Waals surface area contributed by atoms with Gasteiger partial charge in [-0.25, -0.2) is 0 Å². The monoisotopic (exact) mass is 373 g/mol. The molecule has 0 aliphatic rings. The third-order valence-electron chi connectivity index (χ3n) is 4.02. The fourth-order valence-electron chi connectivity index (χ4n) is 2.65. The summed E-state index contributed by atoms with van der Waals surface area (Å²) in [5.41, 5.74) is 3.69. The van der Waals surface area contributed by atoms with Crippen molar-refractivity contribution in [3.05, 3.63) is 81.1 Å². The average molecular weight is 374 g/mol. The van der Waals surface area contributed by atoms with Gasteiger partial charge < -0.3 is 5.32 Å². The summed E-state index contributed by atoms with van der Waals surface area (Å²) in [6, 6.07) is 14.6. The first-order valence-electron chi connectivity index (χ1n) is 7.80. The number of aryl methyl sites for hydroxylation is 1. The summed E-state index contributed by atoms with van der Waals surface area (Å²) >= 11 is 12.3. The Morgan fingerprint density at radius 3 is 2.36 bits per heavy atom. The summed E-state index contributed by atoms with van der Waals surface area (Å²) in [6.07, 6.45) is 0. The van der Waals surface area contributed by atoms with E-state index in [0.717, 1.165) is 17.0 Å². The Labute approximate surface area is 156 Å². The molecule has 3 aromatic rings. The van der Waals surface area contributed by atoms with Gasteiger partial charge in [0.2, 0.25) is 0 Å². The smallest absolute Gasteiger partial charge is 0.257 e. The third-order valence-corrected chi connectivity index (χ3v) is 4.71. The minimum atomic E-state index is -0.255. The van der Waals surface area contributed by atoms with Gasteiger partial charge in [-0.3, -0.25) is 9.48 Å². The fourth-order valence-corrected chi connectivity index (χ4v) is 3.06. The highest BCUT2D eigenvalue weighted by Crippen LogP contribution is 2.24. The largest absolute Gasteiger partial charge is 0.319 e. The number of amides is 1. The maximum Gasteiger partial charge on any atom is 0.257 e. The van der Waals surface area contributed by atoms with Gasteiger partial charge in [0.05, 0.1) is 34.2 Å². The van der Waals surface area contributed by atoms with Crippen LogP contribution in [-0.4, -0.2) is 15.7 Å². The van der Waals surface area contributed by atoms with Crippen LogP contribution in [0.3, 0.4) is 0 Å². The summed E-state index contributed by atoms with van der Waals surface area (Å²) in [4.78, 5) is 12.5. The van der Waals surface area contributed by atoms with Crippen molar-refractivity contribution in [1.82, 2.24) is 9.78 Å². The summed E-state index contributed by atoms with van der Waals surface area (Å²) in [5.74, 6) is -0.255. The molecule has 0 unspecified atom stereocenters. The number of anilines is 1. The van der Waals surface area contributed by atoms with E-state index < -0.39 is 0 Å². The van der Waals surface area contributed by atoms with E-state index in [0.29, 0.717) is 27.8 Å². The number of hydrogen-bond donors (Lipinski definition) is 1. The topological polar surface area (TPSA) is 46.9 Å². The van der Waals surface area contributed by atoms with Gasteiger partial charge in [-0.1, -0.05) is 53.5 Å². The van der Waals surface area contributed by atoms with Crippen molar-refractivity contribution in [2.24, 2.45) is 0 Å². The first-order valence-corrected chi connectivity index (χ1v) is 8.56. The van der Waals surface area contributed by atoms with Crippen molar-refractivity contribution in [1.29, 1.82) is 0 Å². The molecule has 0 saturated carbocycles. The minimum Gasteiger partial charge on any atom is -0.319 e. The van der Waals surface area contributed by atoms with Crippen molar-refractivity contribution < 1.29 is 4.79 Å². The molecule has 0 fully saturated rings. The molecule has 0 aliphatic heterocycles. The maximum absolute atomic E-state index is 12.5. The molecule has 3 rings (SSSR count). The molecule has 0 saturated heterocycles. The van der Waals surface area contributed by atoms with E-state index in [9.17, 15) is 4.79 Å². The lowest BCUT2D eigenvalue weighted by molar-refractivity contribution is 0.102. The molecule has 1 N–H and O–H groups in total. The zero-order valence-corrected chi connectivity index (χ0v) is 15.4. The Balaban J connectivity index is 1.86. The van der Waals surface area contributed by atoms with E-state index in [1.165, 1.54) is 0 Å².